The second-order valence-corrected chi connectivity index (χ2v) is 5.46. The molecular formula is C13H18O5. The second-order valence-electron chi connectivity index (χ2n) is 5.46. The van der Waals surface area contributed by atoms with Crippen molar-refractivity contribution in [2.45, 2.75) is 25.9 Å². The average molecular weight is 254 g/mol. The summed E-state index contributed by atoms with van der Waals surface area (Å²) in [5.74, 6) is -3.51. The lowest BCUT2D eigenvalue weighted by atomic mass is 9.48. The smallest absolute Gasteiger partial charge is 0.313 e. The van der Waals surface area contributed by atoms with Crippen molar-refractivity contribution in [3.8, 4) is 0 Å². The van der Waals surface area contributed by atoms with E-state index in [0.717, 1.165) is 6.42 Å². The van der Waals surface area contributed by atoms with Crippen LogP contribution in [0.3, 0.4) is 0 Å². The van der Waals surface area contributed by atoms with Crippen molar-refractivity contribution < 1.29 is 24.5 Å². The summed E-state index contributed by atoms with van der Waals surface area (Å²) in [5, 5.41) is 19.1. The van der Waals surface area contributed by atoms with E-state index in [1.807, 2.05) is 13.8 Å². The average Bonchev–Trinajstić information content (AvgIpc) is 2.25. The number of aliphatic carboxylic acids is 1. The molecule has 0 aromatic rings. The highest BCUT2D eigenvalue weighted by molar-refractivity contribution is 5.87. The second kappa shape index (κ2) is 4.39. The highest BCUT2D eigenvalue weighted by Gasteiger charge is 2.69. The summed E-state index contributed by atoms with van der Waals surface area (Å²) in [6.45, 7) is 4.29. The quantitative estimate of drug-likeness (QED) is 0.560. The fourth-order valence-electron chi connectivity index (χ4n) is 2.62. The van der Waals surface area contributed by atoms with Gasteiger partial charge in [-0.2, -0.15) is 0 Å². The summed E-state index contributed by atoms with van der Waals surface area (Å²) in [6, 6.07) is 0. The summed E-state index contributed by atoms with van der Waals surface area (Å²) in [5.41, 5.74) is -1.29. The number of hydrogen-bond acceptors (Lipinski definition) is 4. The third-order valence-electron chi connectivity index (χ3n) is 3.83. The third-order valence-corrected chi connectivity index (χ3v) is 3.83. The number of aliphatic hydroxyl groups is 1. The Morgan fingerprint density at radius 2 is 2.11 bits per heavy atom. The highest BCUT2D eigenvalue weighted by atomic mass is 16.5. The number of carbonyl (C=O) groups excluding carboxylic acids is 1. The van der Waals surface area contributed by atoms with Crippen LogP contribution in [0, 0.1) is 23.7 Å². The van der Waals surface area contributed by atoms with Crippen molar-refractivity contribution in [2.24, 2.45) is 23.7 Å². The molecule has 0 aliphatic heterocycles. The lowest BCUT2D eigenvalue weighted by Gasteiger charge is -2.57. The molecule has 0 amide bonds. The van der Waals surface area contributed by atoms with Crippen LogP contribution in [0.5, 0.6) is 0 Å². The Labute approximate surface area is 105 Å². The molecule has 2 N–H and O–H groups in total. The van der Waals surface area contributed by atoms with Crippen molar-refractivity contribution in [2.75, 3.05) is 6.61 Å². The predicted molar refractivity (Wildman–Crippen MR) is 62.6 cm³/mol. The third kappa shape index (κ3) is 1.82. The predicted octanol–water partition coefficient (Wildman–Crippen LogP) is 0.823. The van der Waals surface area contributed by atoms with E-state index in [0.29, 0.717) is 5.92 Å². The molecule has 0 bridgehead atoms. The van der Waals surface area contributed by atoms with Crippen molar-refractivity contribution in [1.82, 2.24) is 0 Å². The van der Waals surface area contributed by atoms with Crippen LogP contribution >= 0.6 is 0 Å². The molecule has 18 heavy (non-hydrogen) atoms. The monoisotopic (exact) mass is 254 g/mol. The molecular weight excluding hydrogens is 236 g/mol. The number of rotatable bonds is 5. The first kappa shape index (κ1) is 13.1. The Balaban J connectivity index is 1.96. The van der Waals surface area contributed by atoms with Crippen LogP contribution in [-0.2, 0) is 14.3 Å². The largest absolute Gasteiger partial charge is 0.481 e. The van der Waals surface area contributed by atoms with Crippen molar-refractivity contribution >= 4 is 11.9 Å². The summed E-state index contributed by atoms with van der Waals surface area (Å²) >= 11 is 0. The van der Waals surface area contributed by atoms with Gasteiger partial charge in [0.05, 0.1) is 12.5 Å². The normalized spacial score (nSPS) is 36.6. The molecule has 100 valence electrons. The number of fused-ring (bicyclic) bond motifs is 1. The molecule has 0 saturated heterocycles. The zero-order valence-electron chi connectivity index (χ0n) is 10.5. The van der Waals surface area contributed by atoms with Gasteiger partial charge in [-0.25, -0.2) is 0 Å². The first-order valence-electron chi connectivity index (χ1n) is 6.19. The number of esters is 1. The molecule has 5 nitrogen and oxygen atoms in total. The van der Waals surface area contributed by atoms with E-state index < -0.39 is 35.3 Å². The number of carbonyl (C=O) groups is 2. The summed E-state index contributed by atoms with van der Waals surface area (Å²) in [4.78, 5) is 22.9. The molecule has 0 radical (unpaired) electrons. The molecule has 1 saturated carbocycles. The Bertz CT molecular complexity index is 400. The van der Waals surface area contributed by atoms with Gasteiger partial charge in [0.1, 0.15) is 11.5 Å². The number of carboxylic acids is 1. The fraction of sp³-hybridized carbons (Fsp3) is 0.692. The van der Waals surface area contributed by atoms with E-state index in [1.54, 1.807) is 6.08 Å². The molecule has 2 rings (SSSR count). The summed E-state index contributed by atoms with van der Waals surface area (Å²) < 4.78 is 5.06. The number of ether oxygens (including phenoxy) is 1. The lowest BCUT2D eigenvalue weighted by Crippen LogP contribution is -2.69. The van der Waals surface area contributed by atoms with Gasteiger partial charge in [-0.1, -0.05) is 26.0 Å². The first-order valence-corrected chi connectivity index (χ1v) is 6.19. The van der Waals surface area contributed by atoms with E-state index in [2.05, 4.69) is 0 Å². The van der Waals surface area contributed by atoms with Crippen LogP contribution < -0.4 is 0 Å². The standard InChI is InChI=1S/C13H18O5/c1-7(2)4-6-18-12(16)10-9(11(14)15)8-3-5-13(8,10)17/h3,5,7-10,17H,4,6H2,1-2H3,(H,14,15). The molecule has 4 unspecified atom stereocenters. The maximum atomic E-state index is 11.8. The van der Waals surface area contributed by atoms with Gasteiger partial charge in [0.25, 0.3) is 0 Å². The van der Waals surface area contributed by atoms with E-state index in [9.17, 15) is 14.7 Å². The van der Waals surface area contributed by atoms with Gasteiger partial charge in [-0.05, 0) is 12.3 Å². The van der Waals surface area contributed by atoms with E-state index >= 15 is 0 Å². The van der Waals surface area contributed by atoms with Gasteiger partial charge >= 0.3 is 11.9 Å². The van der Waals surface area contributed by atoms with Gasteiger partial charge in [-0.15, -0.1) is 0 Å². The maximum absolute atomic E-state index is 11.8. The van der Waals surface area contributed by atoms with E-state index in [-0.39, 0.29) is 6.61 Å². The van der Waals surface area contributed by atoms with Crippen LogP contribution in [0.15, 0.2) is 12.2 Å². The van der Waals surface area contributed by atoms with Crippen molar-refractivity contribution in [3.05, 3.63) is 12.2 Å². The Morgan fingerprint density at radius 1 is 1.44 bits per heavy atom. The van der Waals surface area contributed by atoms with Crippen LogP contribution in [-0.4, -0.2) is 34.4 Å². The molecule has 5 heteroatoms. The van der Waals surface area contributed by atoms with Gasteiger partial charge in [0.15, 0.2) is 0 Å². The van der Waals surface area contributed by atoms with Gasteiger partial charge in [0.2, 0.25) is 0 Å². The van der Waals surface area contributed by atoms with E-state index in [4.69, 9.17) is 9.84 Å². The molecule has 4 atom stereocenters. The molecule has 0 aromatic carbocycles. The van der Waals surface area contributed by atoms with Crippen molar-refractivity contribution in [1.29, 1.82) is 0 Å². The zero-order valence-corrected chi connectivity index (χ0v) is 10.5. The lowest BCUT2D eigenvalue weighted by molar-refractivity contribution is -0.207. The molecule has 0 aromatic heterocycles. The molecule has 2 aliphatic carbocycles. The molecule has 1 fully saturated rings. The topological polar surface area (TPSA) is 83.8 Å². The highest BCUT2D eigenvalue weighted by Crippen LogP contribution is 2.57. The van der Waals surface area contributed by atoms with Gasteiger partial charge < -0.3 is 14.9 Å². The first-order chi connectivity index (χ1) is 8.38. The Morgan fingerprint density at radius 3 is 2.56 bits per heavy atom. The minimum Gasteiger partial charge on any atom is -0.481 e. The van der Waals surface area contributed by atoms with Gasteiger partial charge in [-0.3, -0.25) is 9.59 Å². The fourth-order valence-corrected chi connectivity index (χ4v) is 2.62. The van der Waals surface area contributed by atoms with Crippen LogP contribution in [0.1, 0.15) is 20.3 Å². The summed E-state index contributed by atoms with van der Waals surface area (Å²) in [6.07, 6.45) is 3.86. The molecule has 0 heterocycles. The minimum absolute atomic E-state index is 0.268. The number of carboxylic acid groups (broad SMARTS) is 1. The molecule has 0 spiro atoms. The zero-order chi connectivity index (χ0) is 13.5. The Hall–Kier alpha value is -1.36. The Kier molecular flexibility index (Phi) is 3.19. The van der Waals surface area contributed by atoms with Gasteiger partial charge in [0, 0.05) is 5.92 Å². The maximum Gasteiger partial charge on any atom is 0.313 e. The van der Waals surface area contributed by atoms with Crippen LogP contribution in [0.4, 0.5) is 0 Å². The van der Waals surface area contributed by atoms with Crippen molar-refractivity contribution in [3.63, 3.8) is 0 Å². The van der Waals surface area contributed by atoms with Crippen LogP contribution in [0.2, 0.25) is 0 Å². The van der Waals surface area contributed by atoms with E-state index in [1.165, 1.54) is 6.08 Å². The minimum atomic E-state index is -1.29. The summed E-state index contributed by atoms with van der Waals surface area (Å²) in [7, 11) is 0. The molecule has 2 aliphatic rings. The van der Waals surface area contributed by atoms with Crippen LogP contribution in [0.25, 0.3) is 0 Å². The SMILES string of the molecule is CC(C)CCOC(=O)C1C(C(=O)O)C2C=CC21O. The number of hydrogen-bond donors (Lipinski definition) is 2.